The second-order valence-corrected chi connectivity index (χ2v) is 7.30. The molecular weight excluding hydrogens is 280 g/mol. The largest absolute Gasteiger partial charge is 0.381 e. The Balaban J connectivity index is 1.98. The average Bonchev–Trinajstić information content (AvgIpc) is 2.54. The van der Waals surface area contributed by atoms with Crippen LogP contribution in [0.5, 0.6) is 0 Å². The van der Waals surface area contributed by atoms with Gasteiger partial charge in [0.25, 0.3) is 0 Å². The van der Waals surface area contributed by atoms with Gasteiger partial charge in [0.15, 0.2) is 0 Å². The molecule has 1 atom stereocenters. The van der Waals surface area contributed by atoms with Crippen molar-refractivity contribution in [3.05, 3.63) is 35.4 Å². The second kappa shape index (κ2) is 7.84. The lowest BCUT2D eigenvalue weighted by Crippen LogP contribution is -2.43. The van der Waals surface area contributed by atoms with Gasteiger partial charge in [0.2, 0.25) is 0 Å². The van der Waals surface area contributed by atoms with E-state index in [-0.39, 0.29) is 6.04 Å². The highest BCUT2D eigenvalue weighted by Crippen LogP contribution is 2.35. The Hall–Kier alpha value is -1.02. The van der Waals surface area contributed by atoms with Crippen molar-refractivity contribution in [1.29, 1.82) is 5.26 Å². The summed E-state index contributed by atoms with van der Waals surface area (Å²) in [5.41, 5.74) is 1.91. The molecule has 0 saturated carbocycles. The first kappa shape index (κ1) is 16.4. The summed E-state index contributed by atoms with van der Waals surface area (Å²) in [7, 11) is 0. The second-order valence-electron chi connectivity index (χ2n) is 5.57. The quantitative estimate of drug-likeness (QED) is 0.873. The van der Waals surface area contributed by atoms with Crippen LogP contribution in [0.2, 0.25) is 0 Å². The first-order valence-electron chi connectivity index (χ1n) is 7.64. The van der Waals surface area contributed by atoms with Crippen molar-refractivity contribution in [3.63, 3.8) is 0 Å². The van der Waals surface area contributed by atoms with E-state index in [0.717, 1.165) is 43.9 Å². The Morgan fingerprint density at radius 2 is 2.19 bits per heavy atom. The van der Waals surface area contributed by atoms with E-state index < -0.39 is 0 Å². The Kier molecular flexibility index (Phi) is 6.10. The zero-order chi connectivity index (χ0) is 15.1. The number of benzene rings is 1. The summed E-state index contributed by atoms with van der Waals surface area (Å²) >= 11 is 2.05. The van der Waals surface area contributed by atoms with Gasteiger partial charge in [-0.15, -0.1) is 0 Å². The molecule has 1 aliphatic heterocycles. The third-order valence-corrected chi connectivity index (χ3v) is 5.55. The summed E-state index contributed by atoms with van der Waals surface area (Å²) in [5.74, 6) is 1.14. The van der Waals surface area contributed by atoms with Crippen LogP contribution >= 0.6 is 11.8 Å². The van der Waals surface area contributed by atoms with Crippen LogP contribution < -0.4 is 5.32 Å². The number of hydrogen-bond donors (Lipinski definition) is 1. The number of ether oxygens (including phenoxy) is 1. The molecule has 1 fully saturated rings. The molecule has 1 aromatic rings. The predicted octanol–water partition coefficient (Wildman–Crippen LogP) is 3.51. The number of nitriles is 1. The molecule has 0 amide bonds. The lowest BCUT2D eigenvalue weighted by Gasteiger charge is -2.37. The van der Waals surface area contributed by atoms with Gasteiger partial charge in [0.05, 0.1) is 11.6 Å². The van der Waals surface area contributed by atoms with Gasteiger partial charge >= 0.3 is 0 Å². The highest BCUT2D eigenvalue weighted by Gasteiger charge is 2.32. The zero-order valence-corrected chi connectivity index (χ0v) is 13.7. The van der Waals surface area contributed by atoms with Gasteiger partial charge < -0.3 is 10.1 Å². The van der Waals surface area contributed by atoms with Crippen LogP contribution in [0.15, 0.2) is 24.3 Å². The van der Waals surface area contributed by atoms with Crippen LogP contribution in [0.1, 0.15) is 43.9 Å². The molecule has 1 heterocycles. The van der Waals surface area contributed by atoms with Crippen molar-refractivity contribution >= 4 is 11.8 Å². The topological polar surface area (TPSA) is 45.0 Å². The molecule has 1 N–H and O–H groups in total. The van der Waals surface area contributed by atoms with E-state index in [1.54, 1.807) is 0 Å². The Bertz CT molecular complexity index is 486. The predicted molar refractivity (Wildman–Crippen MR) is 88.5 cm³/mol. The van der Waals surface area contributed by atoms with Crippen LogP contribution in [-0.2, 0) is 4.74 Å². The fourth-order valence-corrected chi connectivity index (χ4v) is 4.01. The summed E-state index contributed by atoms with van der Waals surface area (Å²) in [6.07, 6.45) is 2.23. The monoisotopic (exact) mass is 304 g/mol. The first-order valence-corrected chi connectivity index (χ1v) is 8.63. The molecule has 0 aliphatic carbocycles. The van der Waals surface area contributed by atoms with Crippen LogP contribution in [0.25, 0.3) is 0 Å². The fourth-order valence-electron chi connectivity index (χ4n) is 2.76. The fraction of sp³-hybridized carbons (Fsp3) is 0.588. The van der Waals surface area contributed by atoms with Gasteiger partial charge in [-0.2, -0.15) is 17.0 Å². The van der Waals surface area contributed by atoms with Gasteiger partial charge in [-0.25, -0.2) is 0 Å². The van der Waals surface area contributed by atoms with Crippen LogP contribution in [0.4, 0.5) is 0 Å². The van der Waals surface area contributed by atoms with E-state index in [1.807, 2.05) is 30.0 Å². The average molecular weight is 304 g/mol. The number of nitrogens with zero attached hydrogens (tertiary/aromatic N) is 1. The third kappa shape index (κ3) is 4.47. The molecule has 0 aromatic heterocycles. The standard InChI is InChI=1S/C17H24N2OS/c1-3-21-17(7-9-20-10-8-17)13-19-14(2)16-6-4-5-15(11-16)12-18/h4-6,11,14,19H,3,7-10,13H2,1-2H3/t14-/m1/s1. The van der Waals surface area contributed by atoms with Gasteiger partial charge in [0, 0.05) is 30.5 Å². The SMILES string of the molecule is CCSC1(CN[C@H](C)c2cccc(C#N)c2)CCOCC1. The van der Waals surface area contributed by atoms with Crippen molar-refractivity contribution in [1.82, 2.24) is 5.32 Å². The molecule has 1 aromatic carbocycles. The summed E-state index contributed by atoms with van der Waals surface area (Å²) < 4.78 is 5.82. The molecule has 0 bridgehead atoms. The van der Waals surface area contributed by atoms with Crippen LogP contribution in [0, 0.1) is 11.3 Å². The number of thioether (sulfide) groups is 1. The number of nitrogens with one attached hydrogen (secondary N) is 1. The molecule has 4 heteroatoms. The molecule has 114 valence electrons. The number of rotatable bonds is 6. The molecule has 1 aliphatic rings. The minimum atomic E-state index is 0.260. The zero-order valence-electron chi connectivity index (χ0n) is 12.9. The van der Waals surface area contributed by atoms with E-state index in [4.69, 9.17) is 10.00 Å². The molecule has 0 spiro atoms. The minimum absolute atomic E-state index is 0.260. The molecular formula is C17H24N2OS. The highest BCUT2D eigenvalue weighted by molar-refractivity contribution is 8.00. The van der Waals surface area contributed by atoms with Crippen molar-refractivity contribution in [3.8, 4) is 6.07 Å². The van der Waals surface area contributed by atoms with Crippen molar-refractivity contribution < 1.29 is 4.74 Å². The molecule has 21 heavy (non-hydrogen) atoms. The molecule has 2 rings (SSSR count). The maximum Gasteiger partial charge on any atom is 0.0991 e. The maximum atomic E-state index is 9.00. The molecule has 0 unspecified atom stereocenters. The van der Waals surface area contributed by atoms with Crippen LogP contribution in [-0.4, -0.2) is 30.3 Å². The van der Waals surface area contributed by atoms with E-state index >= 15 is 0 Å². The third-order valence-electron chi connectivity index (χ3n) is 4.10. The Morgan fingerprint density at radius 3 is 2.86 bits per heavy atom. The Labute approximate surface area is 132 Å². The normalized spacial score (nSPS) is 18.9. The molecule has 0 radical (unpaired) electrons. The smallest absolute Gasteiger partial charge is 0.0991 e. The first-order chi connectivity index (χ1) is 10.2. The highest BCUT2D eigenvalue weighted by atomic mass is 32.2. The Morgan fingerprint density at radius 1 is 1.43 bits per heavy atom. The van der Waals surface area contributed by atoms with E-state index in [0.29, 0.717) is 4.75 Å². The van der Waals surface area contributed by atoms with Crippen molar-refractivity contribution in [2.45, 2.75) is 37.5 Å². The summed E-state index contributed by atoms with van der Waals surface area (Å²) in [4.78, 5) is 0. The molecule has 3 nitrogen and oxygen atoms in total. The van der Waals surface area contributed by atoms with Crippen molar-refractivity contribution in [2.24, 2.45) is 0 Å². The van der Waals surface area contributed by atoms with Gasteiger partial charge in [-0.3, -0.25) is 0 Å². The van der Waals surface area contributed by atoms with Gasteiger partial charge in [-0.1, -0.05) is 19.1 Å². The van der Waals surface area contributed by atoms with Crippen molar-refractivity contribution in [2.75, 3.05) is 25.5 Å². The van der Waals surface area contributed by atoms with Gasteiger partial charge in [-0.05, 0) is 43.2 Å². The summed E-state index contributed by atoms with van der Waals surface area (Å²) in [6, 6.07) is 10.3. The summed E-state index contributed by atoms with van der Waals surface area (Å²) in [6.45, 7) is 7.12. The maximum absolute atomic E-state index is 9.00. The van der Waals surface area contributed by atoms with Crippen LogP contribution in [0.3, 0.4) is 0 Å². The lowest BCUT2D eigenvalue weighted by atomic mass is 9.97. The summed E-state index contributed by atoms with van der Waals surface area (Å²) in [5, 5.41) is 12.7. The minimum Gasteiger partial charge on any atom is -0.381 e. The van der Waals surface area contributed by atoms with E-state index in [9.17, 15) is 0 Å². The van der Waals surface area contributed by atoms with Gasteiger partial charge in [0.1, 0.15) is 0 Å². The number of hydrogen-bond acceptors (Lipinski definition) is 4. The molecule has 1 saturated heterocycles. The lowest BCUT2D eigenvalue weighted by molar-refractivity contribution is 0.0766. The van der Waals surface area contributed by atoms with E-state index in [1.165, 1.54) is 5.56 Å². The van der Waals surface area contributed by atoms with E-state index in [2.05, 4.69) is 31.3 Å².